The molecule has 0 aliphatic heterocycles. The Balaban J connectivity index is 2.38. The van der Waals surface area contributed by atoms with E-state index in [1.54, 1.807) is 11.6 Å². The third kappa shape index (κ3) is 1.23. The van der Waals surface area contributed by atoms with Crippen LogP contribution in [0.1, 0.15) is 17.5 Å². The first-order chi connectivity index (χ1) is 6.70. The van der Waals surface area contributed by atoms with Gasteiger partial charge in [0, 0.05) is 12.6 Å². The highest BCUT2D eigenvalue weighted by atomic mass is 16.3. The van der Waals surface area contributed by atoms with Crippen LogP contribution in [0.15, 0.2) is 12.5 Å². The monoisotopic (exact) mass is 194 g/mol. The standard InChI is InChI=1S/C7H10N6O/c1-13-3-10-12-7(13)5(14)4-2-9-11-6(4)8/h2-3,5,14H,1H3,(H3,8,9,11). The van der Waals surface area contributed by atoms with E-state index in [0.717, 1.165) is 0 Å². The topological polar surface area (TPSA) is 106 Å². The molecule has 0 aromatic carbocycles. The van der Waals surface area contributed by atoms with Crippen LogP contribution in [0.4, 0.5) is 5.82 Å². The second-order valence-electron chi connectivity index (χ2n) is 2.94. The van der Waals surface area contributed by atoms with Crippen LogP contribution < -0.4 is 5.73 Å². The zero-order chi connectivity index (χ0) is 10.1. The van der Waals surface area contributed by atoms with Crippen LogP contribution >= 0.6 is 0 Å². The maximum Gasteiger partial charge on any atom is 0.166 e. The minimum atomic E-state index is -0.902. The number of hydrogen-bond acceptors (Lipinski definition) is 5. The molecule has 0 bridgehead atoms. The van der Waals surface area contributed by atoms with Gasteiger partial charge < -0.3 is 15.4 Å². The van der Waals surface area contributed by atoms with Crippen LogP contribution in [0.5, 0.6) is 0 Å². The van der Waals surface area contributed by atoms with Crippen molar-refractivity contribution < 1.29 is 5.11 Å². The van der Waals surface area contributed by atoms with E-state index >= 15 is 0 Å². The smallest absolute Gasteiger partial charge is 0.166 e. The number of anilines is 1. The summed E-state index contributed by atoms with van der Waals surface area (Å²) in [6, 6.07) is 0. The summed E-state index contributed by atoms with van der Waals surface area (Å²) in [5.41, 5.74) is 6.06. The molecule has 2 heterocycles. The number of nitrogens with zero attached hydrogens (tertiary/aromatic N) is 4. The number of nitrogen functional groups attached to an aromatic ring is 1. The Morgan fingerprint density at radius 2 is 2.43 bits per heavy atom. The third-order valence-corrected chi connectivity index (χ3v) is 1.99. The molecule has 7 nitrogen and oxygen atoms in total. The van der Waals surface area contributed by atoms with Gasteiger partial charge in [-0.05, 0) is 0 Å². The number of aromatic nitrogens is 5. The van der Waals surface area contributed by atoms with Gasteiger partial charge in [0.25, 0.3) is 0 Å². The summed E-state index contributed by atoms with van der Waals surface area (Å²) in [5.74, 6) is 0.763. The van der Waals surface area contributed by atoms with Gasteiger partial charge in [-0.3, -0.25) is 5.10 Å². The first-order valence-electron chi connectivity index (χ1n) is 4.01. The van der Waals surface area contributed by atoms with Gasteiger partial charge in [-0.1, -0.05) is 0 Å². The quantitative estimate of drug-likeness (QED) is 0.580. The molecule has 1 atom stereocenters. The van der Waals surface area contributed by atoms with Crippen LogP contribution in [-0.4, -0.2) is 30.1 Å². The largest absolute Gasteiger partial charge is 0.384 e. The van der Waals surface area contributed by atoms with E-state index in [2.05, 4.69) is 20.4 Å². The SMILES string of the molecule is Cn1cnnc1C(O)c1cn[nH]c1N. The molecule has 0 saturated heterocycles. The minimum absolute atomic E-state index is 0.334. The fourth-order valence-corrected chi connectivity index (χ4v) is 1.20. The van der Waals surface area contributed by atoms with Crippen molar-refractivity contribution in [1.29, 1.82) is 0 Å². The molecular weight excluding hydrogens is 184 g/mol. The maximum absolute atomic E-state index is 9.87. The zero-order valence-electron chi connectivity index (χ0n) is 7.55. The molecule has 7 heteroatoms. The van der Waals surface area contributed by atoms with Crippen molar-refractivity contribution in [3.8, 4) is 0 Å². The molecule has 2 aromatic heterocycles. The first kappa shape index (κ1) is 8.70. The summed E-state index contributed by atoms with van der Waals surface area (Å²) in [7, 11) is 1.74. The van der Waals surface area contributed by atoms with E-state index < -0.39 is 6.10 Å². The number of H-pyrrole nitrogens is 1. The second kappa shape index (κ2) is 3.11. The lowest BCUT2D eigenvalue weighted by Crippen LogP contribution is -2.08. The summed E-state index contributed by atoms with van der Waals surface area (Å²) < 4.78 is 1.62. The van der Waals surface area contributed by atoms with Gasteiger partial charge >= 0.3 is 0 Å². The number of aryl methyl sites for hydroxylation is 1. The number of hydrogen-bond donors (Lipinski definition) is 3. The zero-order valence-corrected chi connectivity index (χ0v) is 7.55. The lowest BCUT2D eigenvalue weighted by Gasteiger charge is -2.07. The molecule has 4 N–H and O–H groups in total. The summed E-state index contributed by atoms with van der Waals surface area (Å²) in [4.78, 5) is 0. The molecule has 0 aliphatic carbocycles. The minimum Gasteiger partial charge on any atom is -0.384 e. The van der Waals surface area contributed by atoms with Crippen LogP contribution in [-0.2, 0) is 7.05 Å². The molecule has 14 heavy (non-hydrogen) atoms. The molecule has 0 fully saturated rings. The van der Waals surface area contributed by atoms with Crippen molar-refractivity contribution in [3.63, 3.8) is 0 Å². The molecule has 0 spiro atoms. The average molecular weight is 194 g/mol. The second-order valence-corrected chi connectivity index (χ2v) is 2.94. The Bertz CT molecular complexity index is 393. The van der Waals surface area contributed by atoms with E-state index in [0.29, 0.717) is 17.2 Å². The Kier molecular flexibility index (Phi) is 1.93. The normalized spacial score (nSPS) is 13.0. The molecule has 2 rings (SSSR count). The number of rotatable bonds is 2. The van der Waals surface area contributed by atoms with Gasteiger partial charge in [0.2, 0.25) is 0 Å². The van der Waals surface area contributed by atoms with Crippen LogP contribution in [0.2, 0.25) is 0 Å². The summed E-state index contributed by atoms with van der Waals surface area (Å²) in [6.07, 6.45) is 2.07. The highest BCUT2D eigenvalue weighted by molar-refractivity contribution is 5.40. The van der Waals surface area contributed by atoms with Crippen molar-refractivity contribution in [2.24, 2.45) is 7.05 Å². The van der Waals surface area contributed by atoms with E-state index in [4.69, 9.17) is 5.73 Å². The van der Waals surface area contributed by atoms with Crippen molar-refractivity contribution in [2.45, 2.75) is 6.10 Å². The lowest BCUT2D eigenvalue weighted by atomic mass is 10.2. The molecule has 0 aliphatic rings. The van der Waals surface area contributed by atoms with Crippen molar-refractivity contribution >= 4 is 5.82 Å². The molecule has 0 amide bonds. The van der Waals surface area contributed by atoms with Gasteiger partial charge in [-0.25, -0.2) is 0 Å². The van der Waals surface area contributed by atoms with E-state index in [1.807, 2.05) is 0 Å². The van der Waals surface area contributed by atoms with Crippen molar-refractivity contribution in [1.82, 2.24) is 25.0 Å². The van der Waals surface area contributed by atoms with Gasteiger partial charge in [0.1, 0.15) is 18.2 Å². The lowest BCUT2D eigenvalue weighted by molar-refractivity contribution is 0.206. The fraction of sp³-hybridized carbons (Fsp3) is 0.286. The number of nitrogens with one attached hydrogen (secondary N) is 1. The van der Waals surface area contributed by atoms with Crippen LogP contribution in [0, 0.1) is 0 Å². The van der Waals surface area contributed by atoms with Crippen LogP contribution in [0.3, 0.4) is 0 Å². The Hall–Kier alpha value is -1.89. The Labute approximate surface area is 79.6 Å². The highest BCUT2D eigenvalue weighted by Crippen LogP contribution is 2.22. The number of aliphatic hydroxyl groups is 1. The van der Waals surface area contributed by atoms with Gasteiger partial charge in [-0.15, -0.1) is 10.2 Å². The van der Waals surface area contributed by atoms with E-state index in [-0.39, 0.29) is 0 Å². The number of aromatic amines is 1. The molecule has 1 unspecified atom stereocenters. The summed E-state index contributed by atoms with van der Waals surface area (Å²) in [5, 5.41) is 23.6. The Morgan fingerprint density at radius 1 is 1.64 bits per heavy atom. The van der Waals surface area contributed by atoms with E-state index in [1.165, 1.54) is 12.5 Å². The predicted octanol–water partition coefficient (Wildman–Crippen LogP) is -0.798. The van der Waals surface area contributed by atoms with E-state index in [9.17, 15) is 5.11 Å². The first-order valence-corrected chi connectivity index (χ1v) is 4.01. The van der Waals surface area contributed by atoms with Gasteiger partial charge in [0.05, 0.1) is 6.20 Å². The molecule has 2 aromatic rings. The number of nitrogens with two attached hydrogens (primary N) is 1. The van der Waals surface area contributed by atoms with Crippen molar-refractivity contribution in [3.05, 3.63) is 23.9 Å². The Morgan fingerprint density at radius 3 is 2.93 bits per heavy atom. The molecular formula is C7H10N6O. The molecule has 0 radical (unpaired) electrons. The van der Waals surface area contributed by atoms with Crippen LogP contribution in [0.25, 0.3) is 0 Å². The average Bonchev–Trinajstić information content (AvgIpc) is 2.73. The molecule has 0 saturated carbocycles. The van der Waals surface area contributed by atoms with Gasteiger partial charge in [0.15, 0.2) is 5.82 Å². The third-order valence-electron chi connectivity index (χ3n) is 1.99. The number of aliphatic hydroxyl groups excluding tert-OH is 1. The van der Waals surface area contributed by atoms with Gasteiger partial charge in [-0.2, -0.15) is 5.10 Å². The predicted molar refractivity (Wildman–Crippen MR) is 48.1 cm³/mol. The summed E-state index contributed by atoms with van der Waals surface area (Å²) >= 11 is 0. The summed E-state index contributed by atoms with van der Waals surface area (Å²) in [6.45, 7) is 0. The maximum atomic E-state index is 9.87. The molecule has 74 valence electrons. The van der Waals surface area contributed by atoms with Crippen molar-refractivity contribution in [2.75, 3.05) is 5.73 Å². The fourth-order valence-electron chi connectivity index (χ4n) is 1.20. The highest BCUT2D eigenvalue weighted by Gasteiger charge is 2.19.